The van der Waals surface area contributed by atoms with Crippen molar-refractivity contribution >= 4 is 23.5 Å². The van der Waals surface area contributed by atoms with Gasteiger partial charge in [-0.2, -0.15) is 0 Å². The summed E-state index contributed by atoms with van der Waals surface area (Å²) in [4.78, 5) is 4.17. The van der Waals surface area contributed by atoms with Gasteiger partial charge in [0, 0.05) is 29.9 Å². The first-order valence-corrected chi connectivity index (χ1v) is 8.88. The molecule has 1 saturated heterocycles. The van der Waals surface area contributed by atoms with Gasteiger partial charge < -0.3 is 4.57 Å². The van der Waals surface area contributed by atoms with Gasteiger partial charge in [-0.05, 0) is 6.42 Å². The van der Waals surface area contributed by atoms with Gasteiger partial charge >= 0.3 is 0 Å². The van der Waals surface area contributed by atoms with Crippen molar-refractivity contribution in [3.63, 3.8) is 0 Å². The molecule has 1 aliphatic heterocycles. The Hall–Kier alpha value is -0.0900. The summed E-state index contributed by atoms with van der Waals surface area (Å²) in [6, 6.07) is 0. The molecule has 0 aromatic carbocycles. The Labute approximate surface area is 119 Å². The van der Waals surface area contributed by atoms with Gasteiger partial charge in [-0.3, -0.25) is 0 Å². The number of thioether (sulfide) groups is 2. The van der Waals surface area contributed by atoms with Gasteiger partial charge in [0.15, 0.2) is 0 Å². The summed E-state index contributed by atoms with van der Waals surface area (Å²) in [5.74, 6) is 1.30. The first-order valence-electron chi connectivity index (χ1n) is 7.01. The Bertz CT molecular complexity index is 340. The molecular formula is C14H24N2S2. The molecule has 18 heavy (non-hydrogen) atoms. The first kappa shape index (κ1) is 14.3. The lowest BCUT2D eigenvalue weighted by Crippen LogP contribution is -2.24. The second-order valence-corrected chi connectivity index (χ2v) is 8.68. The van der Waals surface area contributed by atoms with E-state index >= 15 is 0 Å². The predicted octanol–water partition coefficient (Wildman–Crippen LogP) is 4.42. The van der Waals surface area contributed by atoms with Crippen molar-refractivity contribution in [3.05, 3.63) is 18.7 Å². The quantitative estimate of drug-likeness (QED) is 0.690. The molecule has 102 valence electrons. The third-order valence-corrected chi connectivity index (χ3v) is 7.10. The highest BCUT2D eigenvalue weighted by molar-refractivity contribution is 8.21. The van der Waals surface area contributed by atoms with Crippen molar-refractivity contribution in [2.24, 2.45) is 0 Å². The summed E-state index contributed by atoms with van der Waals surface area (Å²) in [5, 5.41) is 0.796. The van der Waals surface area contributed by atoms with E-state index < -0.39 is 0 Å². The summed E-state index contributed by atoms with van der Waals surface area (Å²) in [7, 11) is 0. The van der Waals surface area contributed by atoms with Crippen LogP contribution in [0, 0.1) is 0 Å². The van der Waals surface area contributed by atoms with Crippen LogP contribution in [0.2, 0.25) is 0 Å². The first-order chi connectivity index (χ1) is 8.74. The van der Waals surface area contributed by atoms with E-state index in [-0.39, 0.29) is 0 Å². The molecule has 0 spiro atoms. The lowest BCUT2D eigenvalue weighted by Gasteiger charge is -2.28. The lowest BCUT2D eigenvalue weighted by atomic mass is 10.1. The van der Waals surface area contributed by atoms with Crippen molar-refractivity contribution in [3.8, 4) is 0 Å². The van der Waals surface area contributed by atoms with Crippen LogP contribution in [-0.2, 0) is 6.54 Å². The molecule has 0 amide bonds. The van der Waals surface area contributed by atoms with Crippen LogP contribution in [-0.4, -0.2) is 24.6 Å². The number of aromatic nitrogens is 2. The fraction of sp³-hybridized carbons (Fsp3) is 0.786. The van der Waals surface area contributed by atoms with Crippen LogP contribution >= 0.6 is 23.5 Å². The number of unbranched alkanes of at least 4 members (excludes halogenated alkanes) is 3. The number of hydrogen-bond donors (Lipinski definition) is 0. The Morgan fingerprint density at radius 1 is 1.39 bits per heavy atom. The van der Waals surface area contributed by atoms with Crippen LogP contribution in [0.4, 0.5) is 0 Å². The maximum atomic E-state index is 4.17. The molecule has 1 aliphatic rings. The molecule has 2 rings (SSSR count). The molecule has 2 unspecified atom stereocenters. The zero-order valence-corrected chi connectivity index (χ0v) is 13.1. The molecule has 2 nitrogen and oxygen atoms in total. The largest absolute Gasteiger partial charge is 0.335 e. The number of nitrogens with zero attached hydrogens (tertiary/aromatic N) is 2. The van der Waals surface area contributed by atoms with Crippen LogP contribution in [0.25, 0.3) is 0 Å². The summed E-state index contributed by atoms with van der Waals surface area (Å²) >= 11 is 4.35. The maximum absolute atomic E-state index is 4.17. The number of imidazole rings is 1. The zero-order chi connectivity index (χ0) is 12.8. The summed E-state index contributed by atoms with van der Waals surface area (Å²) < 4.78 is 2.64. The average Bonchev–Trinajstić information content (AvgIpc) is 2.96. The van der Waals surface area contributed by atoms with E-state index in [0.717, 1.165) is 11.8 Å². The van der Waals surface area contributed by atoms with Crippen LogP contribution in [0.3, 0.4) is 0 Å². The van der Waals surface area contributed by atoms with Gasteiger partial charge in [-0.15, -0.1) is 23.5 Å². The zero-order valence-electron chi connectivity index (χ0n) is 11.5. The normalized spacial score (nSPS) is 27.8. The molecule has 0 bridgehead atoms. The highest BCUT2D eigenvalue weighted by Crippen LogP contribution is 2.51. The molecule has 1 aromatic heterocycles. The molecule has 2 heterocycles. The molecule has 1 fully saturated rings. The van der Waals surface area contributed by atoms with E-state index in [1.165, 1.54) is 37.9 Å². The minimum atomic E-state index is 0.397. The smallest absolute Gasteiger partial charge is 0.0946 e. The van der Waals surface area contributed by atoms with E-state index in [9.17, 15) is 0 Å². The third-order valence-electron chi connectivity index (χ3n) is 3.39. The number of rotatable bonds is 7. The third kappa shape index (κ3) is 3.95. The van der Waals surface area contributed by atoms with Crippen molar-refractivity contribution in [1.29, 1.82) is 0 Å². The minimum Gasteiger partial charge on any atom is -0.335 e. The van der Waals surface area contributed by atoms with Gasteiger partial charge in [0.25, 0.3) is 0 Å². The van der Waals surface area contributed by atoms with Gasteiger partial charge in [0.05, 0.1) is 10.4 Å². The Balaban J connectivity index is 1.91. The van der Waals surface area contributed by atoms with Gasteiger partial charge in [0.1, 0.15) is 0 Å². The second kappa shape index (κ2) is 6.90. The van der Waals surface area contributed by atoms with Gasteiger partial charge in [-0.1, -0.05) is 39.5 Å². The fourth-order valence-corrected chi connectivity index (χ4v) is 6.21. The molecule has 0 aliphatic carbocycles. The van der Waals surface area contributed by atoms with Crippen LogP contribution in [0.15, 0.2) is 18.7 Å². The van der Waals surface area contributed by atoms with Crippen LogP contribution in [0.5, 0.6) is 0 Å². The molecule has 0 radical (unpaired) electrons. The van der Waals surface area contributed by atoms with Crippen molar-refractivity contribution in [2.45, 2.75) is 61.8 Å². The monoisotopic (exact) mass is 284 g/mol. The molecule has 1 aromatic rings. The van der Waals surface area contributed by atoms with Crippen molar-refractivity contribution in [1.82, 2.24) is 9.55 Å². The molecule has 0 N–H and O–H groups in total. The summed E-state index contributed by atoms with van der Waals surface area (Å²) in [6.07, 6.45) is 12.7. The summed E-state index contributed by atoms with van der Waals surface area (Å²) in [6.45, 7) is 5.75. The van der Waals surface area contributed by atoms with E-state index in [4.69, 9.17) is 0 Å². The highest BCUT2D eigenvalue weighted by Gasteiger charge is 2.38. The molecule has 2 atom stereocenters. The summed E-state index contributed by atoms with van der Waals surface area (Å²) in [5.41, 5.74) is 0. The van der Waals surface area contributed by atoms with Crippen LogP contribution in [0.1, 0.15) is 46.0 Å². The predicted molar refractivity (Wildman–Crippen MR) is 83.2 cm³/mol. The fourth-order valence-electron chi connectivity index (χ4n) is 2.48. The second-order valence-electron chi connectivity index (χ2n) is 5.20. The van der Waals surface area contributed by atoms with Gasteiger partial charge in [-0.25, -0.2) is 4.98 Å². The molecule has 4 heteroatoms. The standard InChI is InChI=1S/C14H24N2S2/c1-3-4-5-6-7-14(17-10-13(2)18-14)11-16-9-8-15-12-16/h8-9,12-13H,3-7,10-11H2,1-2H3. The maximum Gasteiger partial charge on any atom is 0.0946 e. The van der Waals surface area contributed by atoms with Crippen molar-refractivity contribution < 1.29 is 0 Å². The van der Waals surface area contributed by atoms with E-state index in [0.29, 0.717) is 4.08 Å². The SMILES string of the molecule is CCCCCCC1(Cn2ccnc2)SCC(C)S1. The minimum absolute atomic E-state index is 0.397. The van der Waals surface area contributed by atoms with E-state index in [1.807, 2.05) is 12.5 Å². The number of hydrogen-bond acceptors (Lipinski definition) is 3. The van der Waals surface area contributed by atoms with E-state index in [2.05, 4.69) is 53.1 Å². The van der Waals surface area contributed by atoms with Crippen LogP contribution < -0.4 is 0 Å². The van der Waals surface area contributed by atoms with Gasteiger partial charge in [0.2, 0.25) is 0 Å². The highest BCUT2D eigenvalue weighted by atomic mass is 32.2. The Morgan fingerprint density at radius 2 is 2.28 bits per heavy atom. The Morgan fingerprint density at radius 3 is 2.89 bits per heavy atom. The van der Waals surface area contributed by atoms with E-state index in [1.54, 1.807) is 0 Å². The average molecular weight is 284 g/mol. The Kier molecular flexibility index (Phi) is 5.49. The van der Waals surface area contributed by atoms with Crippen molar-refractivity contribution in [2.75, 3.05) is 5.75 Å². The lowest BCUT2D eigenvalue weighted by molar-refractivity contribution is 0.545. The topological polar surface area (TPSA) is 17.8 Å². The molecule has 0 saturated carbocycles. The molecular weight excluding hydrogens is 260 g/mol.